The number of carboxylic acid groups (broad SMARTS) is 1. The van der Waals surface area contributed by atoms with Gasteiger partial charge in [-0.1, -0.05) is 48.5 Å². The number of fused-ring (bicyclic) bond motifs is 3. The molecule has 27 heavy (non-hydrogen) atoms. The van der Waals surface area contributed by atoms with Crippen LogP contribution in [-0.2, 0) is 14.3 Å². The predicted octanol–water partition coefficient (Wildman–Crippen LogP) is 2.20. The van der Waals surface area contributed by atoms with E-state index in [9.17, 15) is 14.4 Å². The van der Waals surface area contributed by atoms with Gasteiger partial charge < -0.3 is 15.6 Å². The van der Waals surface area contributed by atoms with E-state index in [0.717, 1.165) is 27.2 Å². The van der Waals surface area contributed by atoms with E-state index in [0.29, 0.717) is 0 Å². The molecule has 1 aliphatic rings. The van der Waals surface area contributed by atoms with E-state index in [4.69, 9.17) is 15.6 Å². The second-order valence-electron chi connectivity index (χ2n) is 6.34. The zero-order valence-corrected chi connectivity index (χ0v) is 14.6. The molecule has 0 fully saturated rings. The van der Waals surface area contributed by atoms with Crippen LogP contribution in [0.4, 0.5) is 4.79 Å². The van der Waals surface area contributed by atoms with E-state index in [1.165, 1.54) is 0 Å². The topological polar surface area (TPSA) is 110 Å². The summed E-state index contributed by atoms with van der Waals surface area (Å²) in [6, 6.07) is 15.8. The fraction of sp³-hybridized carbons (Fsp3) is 0.250. The molecule has 140 valence electrons. The maximum absolute atomic E-state index is 12.4. The molecule has 3 N–H and O–H groups in total. The number of rotatable bonds is 7. The minimum absolute atomic E-state index is 0.0829. The van der Waals surface area contributed by atoms with Crippen LogP contribution in [0.5, 0.6) is 0 Å². The van der Waals surface area contributed by atoms with Gasteiger partial charge in [0.25, 0.3) is 0 Å². The van der Waals surface area contributed by atoms with E-state index in [1.54, 1.807) is 0 Å². The minimum Gasteiger partial charge on any atom is -0.480 e. The second-order valence-corrected chi connectivity index (χ2v) is 6.34. The molecule has 2 aromatic carbocycles. The Kier molecular flexibility index (Phi) is 5.40. The molecule has 0 spiro atoms. The Morgan fingerprint density at radius 1 is 1.00 bits per heavy atom. The van der Waals surface area contributed by atoms with Crippen LogP contribution in [0.25, 0.3) is 11.1 Å². The van der Waals surface area contributed by atoms with Crippen molar-refractivity contribution in [1.29, 1.82) is 0 Å². The summed E-state index contributed by atoms with van der Waals surface area (Å²) in [6.07, 6.45) is -0.905. The van der Waals surface area contributed by atoms with Crippen LogP contribution < -0.4 is 5.73 Å². The van der Waals surface area contributed by atoms with E-state index in [-0.39, 0.29) is 25.5 Å². The molecule has 7 heteroatoms. The van der Waals surface area contributed by atoms with Gasteiger partial charge in [-0.3, -0.25) is 14.5 Å². The van der Waals surface area contributed by atoms with E-state index in [1.807, 2.05) is 48.5 Å². The van der Waals surface area contributed by atoms with Gasteiger partial charge in [0.05, 0.1) is 0 Å². The van der Waals surface area contributed by atoms with Crippen molar-refractivity contribution in [2.75, 3.05) is 19.7 Å². The average molecular weight is 368 g/mol. The van der Waals surface area contributed by atoms with Crippen LogP contribution in [0.1, 0.15) is 23.5 Å². The maximum Gasteiger partial charge on any atom is 0.410 e. The fourth-order valence-corrected chi connectivity index (χ4v) is 3.33. The lowest BCUT2D eigenvalue weighted by atomic mass is 9.98. The van der Waals surface area contributed by atoms with E-state index in [2.05, 4.69) is 0 Å². The summed E-state index contributed by atoms with van der Waals surface area (Å²) in [5, 5.41) is 8.97. The van der Waals surface area contributed by atoms with Gasteiger partial charge in [0, 0.05) is 18.9 Å². The van der Waals surface area contributed by atoms with Crippen molar-refractivity contribution in [3.63, 3.8) is 0 Å². The number of primary amides is 1. The number of amides is 2. The molecule has 0 aromatic heterocycles. The summed E-state index contributed by atoms with van der Waals surface area (Å²) in [6.45, 7) is -0.568. The Bertz CT molecular complexity index is 835. The molecule has 0 aliphatic heterocycles. The number of nitrogens with two attached hydrogens (primary N) is 1. The van der Waals surface area contributed by atoms with Crippen LogP contribution in [-0.4, -0.2) is 47.7 Å². The number of hydrogen-bond acceptors (Lipinski definition) is 4. The Morgan fingerprint density at radius 3 is 2.07 bits per heavy atom. The van der Waals surface area contributed by atoms with Crippen molar-refractivity contribution in [2.24, 2.45) is 5.73 Å². The molecule has 1 aliphatic carbocycles. The molecule has 0 saturated carbocycles. The number of hydrogen-bond donors (Lipinski definition) is 2. The highest BCUT2D eigenvalue weighted by Crippen LogP contribution is 2.44. The summed E-state index contributed by atoms with van der Waals surface area (Å²) in [7, 11) is 0. The fourth-order valence-electron chi connectivity index (χ4n) is 3.33. The molecule has 7 nitrogen and oxygen atoms in total. The molecule has 0 unspecified atom stereocenters. The molecular formula is C20H20N2O5. The van der Waals surface area contributed by atoms with Crippen LogP contribution in [0, 0.1) is 0 Å². The third-order valence-electron chi connectivity index (χ3n) is 4.55. The first kappa shape index (κ1) is 18.4. The quantitative estimate of drug-likeness (QED) is 0.778. The first-order valence-electron chi connectivity index (χ1n) is 8.57. The van der Waals surface area contributed by atoms with Crippen LogP contribution in [0.2, 0.25) is 0 Å². The Balaban J connectivity index is 1.74. The number of carbonyl (C=O) groups excluding carboxylic acids is 2. The highest BCUT2D eigenvalue weighted by atomic mass is 16.6. The third kappa shape index (κ3) is 4.08. The van der Waals surface area contributed by atoms with Gasteiger partial charge in [0.2, 0.25) is 5.91 Å². The summed E-state index contributed by atoms with van der Waals surface area (Å²) in [4.78, 5) is 35.3. The lowest BCUT2D eigenvalue weighted by molar-refractivity contribution is -0.138. The van der Waals surface area contributed by atoms with E-state index < -0.39 is 24.5 Å². The molecule has 2 aromatic rings. The van der Waals surface area contributed by atoms with E-state index >= 15 is 0 Å². The number of carbonyl (C=O) groups is 3. The Labute approximate surface area is 156 Å². The number of aliphatic carboxylic acids is 1. The predicted molar refractivity (Wildman–Crippen MR) is 98.1 cm³/mol. The molecule has 0 heterocycles. The molecule has 2 amide bonds. The number of benzene rings is 2. The van der Waals surface area contributed by atoms with Crippen molar-refractivity contribution in [2.45, 2.75) is 12.3 Å². The highest BCUT2D eigenvalue weighted by Gasteiger charge is 2.30. The average Bonchev–Trinajstić information content (AvgIpc) is 2.97. The number of nitrogens with zero attached hydrogens (tertiary/aromatic N) is 1. The molecule has 0 atom stereocenters. The van der Waals surface area contributed by atoms with Gasteiger partial charge in [0.15, 0.2) is 0 Å². The van der Waals surface area contributed by atoms with Crippen molar-refractivity contribution in [3.05, 3.63) is 59.7 Å². The SMILES string of the molecule is NC(=O)CCN(CC(=O)O)C(=O)OCC1c2ccccc2-c2ccccc21. The van der Waals surface area contributed by atoms with Gasteiger partial charge in [-0.15, -0.1) is 0 Å². The zero-order valence-electron chi connectivity index (χ0n) is 14.6. The molecule has 0 bridgehead atoms. The van der Waals surface area contributed by atoms with Gasteiger partial charge in [-0.2, -0.15) is 0 Å². The Morgan fingerprint density at radius 2 is 1.56 bits per heavy atom. The standard InChI is InChI=1S/C20H20N2O5/c21-18(23)9-10-22(11-19(24)25)20(26)27-12-17-15-7-3-1-5-13(15)14-6-2-4-8-16(14)17/h1-8,17H,9-12H2,(H2,21,23)(H,24,25). The second kappa shape index (κ2) is 7.90. The largest absolute Gasteiger partial charge is 0.480 e. The van der Waals surface area contributed by atoms with Crippen molar-refractivity contribution < 1.29 is 24.2 Å². The van der Waals surface area contributed by atoms with Crippen molar-refractivity contribution >= 4 is 18.0 Å². The molecular weight excluding hydrogens is 348 g/mol. The summed E-state index contributed by atoms with van der Waals surface area (Å²) >= 11 is 0. The van der Waals surface area contributed by atoms with Crippen LogP contribution >= 0.6 is 0 Å². The lowest BCUT2D eigenvalue weighted by Gasteiger charge is -2.21. The molecule has 0 saturated heterocycles. The normalized spacial score (nSPS) is 12.1. The first-order valence-corrected chi connectivity index (χ1v) is 8.57. The number of ether oxygens (including phenoxy) is 1. The smallest absolute Gasteiger partial charge is 0.410 e. The van der Waals surface area contributed by atoms with Gasteiger partial charge in [0.1, 0.15) is 13.2 Å². The summed E-state index contributed by atoms with van der Waals surface area (Å²) in [5.74, 6) is -1.92. The van der Waals surface area contributed by atoms with Crippen LogP contribution in [0.15, 0.2) is 48.5 Å². The zero-order chi connectivity index (χ0) is 19.4. The highest BCUT2D eigenvalue weighted by molar-refractivity contribution is 5.80. The summed E-state index contributed by atoms with van der Waals surface area (Å²) in [5.41, 5.74) is 9.42. The number of carboxylic acids is 1. The van der Waals surface area contributed by atoms with Gasteiger partial charge in [-0.25, -0.2) is 4.79 Å². The Hall–Kier alpha value is -3.35. The first-order chi connectivity index (χ1) is 13.0. The maximum atomic E-state index is 12.4. The van der Waals surface area contributed by atoms with Crippen LogP contribution in [0.3, 0.4) is 0 Å². The molecule has 0 radical (unpaired) electrons. The van der Waals surface area contributed by atoms with Gasteiger partial charge in [-0.05, 0) is 22.3 Å². The monoisotopic (exact) mass is 368 g/mol. The van der Waals surface area contributed by atoms with Crippen molar-refractivity contribution in [1.82, 2.24) is 4.90 Å². The lowest BCUT2D eigenvalue weighted by Crippen LogP contribution is -2.38. The third-order valence-corrected chi connectivity index (χ3v) is 4.55. The van der Waals surface area contributed by atoms with Gasteiger partial charge >= 0.3 is 12.1 Å². The minimum atomic E-state index is -1.19. The summed E-state index contributed by atoms with van der Waals surface area (Å²) < 4.78 is 5.41. The molecule has 3 rings (SSSR count). The van der Waals surface area contributed by atoms with Crippen molar-refractivity contribution in [3.8, 4) is 11.1 Å².